The van der Waals surface area contributed by atoms with Crippen LogP contribution in [-0.2, 0) is 0 Å². The summed E-state index contributed by atoms with van der Waals surface area (Å²) in [5.74, 6) is -0.606. The van der Waals surface area contributed by atoms with Gasteiger partial charge in [0, 0.05) is 45.1 Å². The summed E-state index contributed by atoms with van der Waals surface area (Å²) < 4.78 is 0. The molecule has 2 aliphatic rings. The molecule has 6 nitrogen and oxygen atoms in total. The monoisotopic (exact) mass is 935 g/mol. The van der Waals surface area contributed by atoms with Crippen LogP contribution >= 0.6 is 0 Å². The first-order valence-corrected chi connectivity index (χ1v) is 27.9. The topological polar surface area (TPSA) is 74.8 Å². The van der Waals surface area contributed by atoms with Crippen LogP contribution in [0.25, 0.3) is 75.4 Å². The van der Waals surface area contributed by atoms with E-state index >= 15 is 0 Å². The van der Waals surface area contributed by atoms with Crippen molar-refractivity contribution in [3.63, 3.8) is 0 Å². The van der Waals surface area contributed by atoms with Gasteiger partial charge < -0.3 is 0 Å². The van der Waals surface area contributed by atoms with Crippen molar-refractivity contribution in [2.24, 2.45) is 0 Å². The summed E-state index contributed by atoms with van der Waals surface area (Å²) in [5.41, 5.74) is 2.53. The summed E-state index contributed by atoms with van der Waals surface area (Å²) >= 11 is 0. The minimum absolute atomic E-state index is 0.105. The molecule has 0 bridgehead atoms. The van der Waals surface area contributed by atoms with E-state index in [1.807, 2.05) is 24.3 Å². The number of carbonyl (C=O) groups is 4. The van der Waals surface area contributed by atoms with Gasteiger partial charge in [-0.25, -0.2) is 0 Å². The van der Waals surface area contributed by atoms with Gasteiger partial charge in [0.25, 0.3) is 23.6 Å². The Bertz CT molecular complexity index is 2820. The van der Waals surface area contributed by atoms with Gasteiger partial charge in [-0.3, -0.25) is 29.0 Å². The highest BCUT2D eigenvalue weighted by molar-refractivity contribution is 6.45. The number of hydrogen-bond acceptors (Lipinski definition) is 4. The van der Waals surface area contributed by atoms with Gasteiger partial charge in [-0.05, 0) is 115 Å². The minimum Gasteiger partial charge on any atom is -0.271 e. The van der Waals surface area contributed by atoms with Crippen LogP contribution < -0.4 is 0 Å². The van der Waals surface area contributed by atoms with E-state index in [1.165, 1.54) is 77.0 Å². The molecule has 10 rings (SSSR count). The standard InChI is InChI=1S/C64H74N2O4/c1-5-9-13-17-21-25-41(26-22-18-14-10-6-2)65-61(67)51-37-33-47-43-29-31-45-49-35-39-53-60-54(64(70)66(63(53)69)42(27-23-19-15-11-7-3)28-24-20-16-12-8-4)40-36-50(58(49)60)46-32-30-44(55(43)56(45)46)48-34-38-52(62(65)68)59(51)57(47)48/h29-42H,5-28H2,1-4H3. The maximum absolute atomic E-state index is 14.8. The van der Waals surface area contributed by atoms with Crippen molar-refractivity contribution in [2.45, 2.75) is 194 Å². The predicted octanol–water partition coefficient (Wildman–Crippen LogP) is 18.0. The van der Waals surface area contributed by atoms with Crippen molar-refractivity contribution in [1.29, 1.82) is 0 Å². The van der Waals surface area contributed by atoms with E-state index < -0.39 is 0 Å². The highest BCUT2D eigenvalue weighted by atomic mass is 16.2. The molecular formula is C64H74N2O4. The Morgan fingerprint density at radius 3 is 0.700 bits per heavy atom. The molecule has 0 aromatic heterocycles. The summed E-state index contributed by atoms with van der Waals surface area (Å²) in [6, 6.07) is 25.1. The number of nitrogens with zero attached hydrogens (tertiary/aromatic N) is 2. The molecule has 0 fully saturated rings. The number of hydrogen-bond donors (Lipinski definition) is 0. The van der Waals surface area contributed by atoms with Gasteiger partial charge in [-0.1, -0.05) is 205 Å². The summed E-state index contributed by atoms with van der Waals surface area (Å²) in [6.07, 6.45) is 26.4. The van der Waals surface area contributed by atoms with E-state index in [-0.39, 0.29) is 35.7 Å². The van der Waals surface area contributed by atoms with Gasteiger partial charge in [0.15, 0.2) is 0 Å². The van der Waals surface area contributed by atoms with Crippen molar-refractivity contribution >= 4 is 99.0 Å². The van der Waals surface area contributed by atoms with Crippen LogP contribution in [0.1, 0.15) is 223 Å². The highest BCUT2D eigenvalue weighted by Gasteiger charge is 2.40. The Labute approximate surface area is 415 Å². The lowest BCUT2D eigenvalue weighted by Gasteiger charge is -2.35. The molecule has 70 heavy (non-hydrogen) atoms. The molecule has 0 saturated heterocycles. The molecule has 8 aromatic rings. The minimum atomic E-state index is -0.151. The predicted molar refractivity (Wildman–Crippen MR) is 293 cm³/mol. The Kier molecular flexibility index (Phi) is 14.4. The fraction of sp³-hybridized carbons (Fsp3) is 0.469. The van der Waals surface area contributed by atoms with Gasteiger partial charge in [0.2, 0.25) is 0 Å². The van der Waals surface area contributed by atoms with Gasteiger partial charge in [-0.15, -0.1) is 0 Å². The third kappa shape index (κ3) is 8.29. The summed E-state index contributed by atoms with van der Waals surface area (Å²) in [7, 11) is 0. The fourth-order valence-corrected chi connectivity index (χ4v) is 13.1. The van der Waals surface area contributed by atoms with Crippen molar-refractivity contribution < 1.29 is 19.2 Å². The highest BCUT2D eigenvalue weighted by Crippen LogP contribution is 2.50. The second-order valence-corrected chi connectivity index (χ2v) is 21.3. The third-order valence-corrected chi connectivity index (χ3v) is 16.7. The van der Waals surface area contributed by atoms with Crippen LogP contribution in [0, 0.1) is 0 Å². The smallest absolute Gasteiger partial charge is 0.261 e. The van der Waals surface area contributed by atoms with Crippen LogP contribution in [0.2, 0.25) is 0 Å². The molecule has 8 aromatic carbocycles. The first-order chi connectivity index (χ1) is 34.3. The largest absolute Gasteiger partial charge is 0.271 e. The van der Waals surface area contributed by atoms with Crippen molar-refractivity contribution in [3.05, 3.63) is 95.1 Å². The molecule has 4 amide bonds. The molecule has 0 saturated carbocycles. The normalized spacial score (nSPS) is 14.3. The van der Waals surface area contributed by atoms with Crippen LogP contribution in [-0.4, -0.2) is 45.5 Å². The Morgan fingerprint density at radius 1 is 0.271 bits per heavy atom. The molecule has 0 N–H and O–H groups in total. The molecule has 0 radical (unpaired) electrons. The second-order valence-electron chi connectivity index (χ2n) is 21.3. The summed E-state index contributed by atoms with van der Waals surface area (Å²) in [6.45, 7) is 8.93. The molecule has 0 spiro atoms. The first kappa shape index (κ1) is 48.0. The summed E-state index contributed by atoms with van der Waals surface area (Å²) in [5, 5.41) is 14.4. The molecule has 6 heteroatoms. The zero-order valence-electron chi connectivity index (χ0n) is 42.6. The lowest BCUT2D eigenvalue weighted by molar-refractivity contribution is 0.0501. The summed E-state index contributed by atoms with van der Waals surface area (Å²) in [4.78, 5) is 62.5. The quantitative estimate of drug-likeness (QED) is 0.0235. The number of rotatable bonds is 26. The number of imide groups is 2. The zero-order chi connectivity index (χ0) is 48.5. The third-order valence-electron chi connectivity index (χ3n) is 16.7. The molecule has 0 atom stereocenters. The number of fused-ring (bicyclic) bond motifs is 4. The molecule has 364 valence electrons. The first-order valence-electron chi connectivity index (χ1n) is 27.9. The number of amides is 4. The fourth-order valence-electron chi connectivity index (χ4n) is 13.1. The van der Waals surface area contributed by atoms with Gasteiger partial charge in [0.05, 0.1) is 0 Å². The lowest BCUT2D eigenvalue weighted by Crippen LogP contribution is -2.47. The molecular weight excluding hydrogens is 861 g/mol. The second kappa shape index (κ2) is 21.0. The number of benzene rings is 8. The van der Waals surface area contributed by atoms with Crippen LogP contribution in [0.15, 0.2) is 72.8 Å². The Balaban J connectivity index is 1.05. The average Bonchev–Trinajstić information content (AvgIpc) is 3.37. The number of carbonyl (C=O) groups excluding carboxylic acids is 4. The molecule has 0 unspecified atom stereocenters. The van der Waals surface area contributed by atoms with E-state index in [0.717, 1.165) is 152 Å². The van der Waals surface area contributed by atoms with Gasteiger partial charge in [0.1, 0.15) is 0 Å². The maximum Gasteiger partial charge on any atom is 0.261 e. The van der Waals surface area contributed by atoms with E-state index in [4.69, 9.17) is 0 Å². The number of unbranched alkanes of at least 4 members (excludes halogenated alkanes) is 16. The van der Waals surface area contributed by atoms with Gasteiger partial charge >= 0.3 is 0 Å². The lowest BCUT2D eigenvalue weighted by atomic mass is 9.80. The maximum atomic E-state index is 14.8. The zero-order valence-corrected chi connectivity index (χ0v) is 42.6. The van der Waals surface area contributed by atoms with Crippen molar-refractivity contribution in [1.82, 2.24) is 9.80 Å². The molecule has 0 aliphatic carbocycles. The van der Waals surface area contributed by atoms with E-state index in [9.17, 15) is 19.2 Å². The van der Waals surface area contributed by atoms with Crippen LogP contribution in [0.3, 0.4) is 0 Å². The SMILES string of the molecule is CCCCCCCC(CCCCCCC)N1C(=O)c2ccc3c4ccc5c6ccc7c8c(ccc(c9ccc(c%10ccc(c2c3%10)C1=O)c4c59)c86)C(=O)N(C(CCCCCCC)CCCCCCC)C7=O. The Hall–Kier alpha value is -5.62. The van der Waals surface area contributed by atoms with Gasteiger partial charge in [-0.2, -0.15) is 0 Å². The van der Waals surface area contributed by atoms with Crippen molar-refractivity contribution in [3.8, 4) is 0 Å². The van der Waals surface area contributed by atoms with E-state index in [0.29, 0.717) is 22.3 Å². The molecule has 2 heterocycles. The van der Waals surface area contributed by atoms with Crippen LogP contribution in [0.5, 0.6) is 0 Å². The van der Waals surface area contributed by atoms with Crippen molar-refractivity contribution in [2.75, 3.05) is 0 Å². The van der Waals surface area contributed by atoms with E-state index in [1.54, 1.807) is 9.80 Å². The van der Waals surface area contributed by atoms with Crippen LogP contribution in [0.4, 0.5) is 0 Å². The Morgan fingerprint density at radius 2 is 0.471 bits per heavy atom. The van der Waals surface area contributed by atoms with E-state index in [2.05, 4.69) is 76.2 Å². The average molecular weight is 935 g/mol. The molecule has 2 aliphatic heterocycles.